The van der Waals surface area contributed by atoms with E-state index in [9.17, 15) is 0 Å². The van der Waals surface area contributed by atoms with Crippen molar-refractivity contribution in [1.29, 1.82) is 0 Å². The van der Waals surface area contributed by atoms with E-state index in [-0.39, 0.29) is 0 Å². The molecule has 1 aromatic rings. The number of nitrogens with zero attached hydrogens (tertiary/aromatic N) is 3. The molecule has 4 nitrogen and oxygen atoms in total. The highest BCUT2D eigenvalue weighted by atomic mass is 15.3. The van der Waals surface area contributed by atoms with Gasteiger partial charge >= 0.3 is 0 Å². The van der Waals surface area contributed by atoms with Gasteiger partial charge in [-0.15, -0.1) is 0 Å². The first-order chi connectivity index (χ1) is 12.8. The maximum Gasteiger partial charge on any atom is 0.194 e. The maximum absolute atomic E-state index is 4.99. The SMILES string of the molecule is CCCN1CCC(CN=C(NCC)N2CC=C(c3ccccc3)CC2)C1. The zero-order valence-corrected chi connectivity index (χ0v) is 16.5. The van der Waals surface area contributed by atoms with Gasteiger partial charge < -0.3 is 15.1 Å². The Morgan fingerprint density at radius 1 is 1.19 bits per heavy atom. The van der Waals surface area contributed by atoms with E-state index >= 15 is 0 Å². The van der Waals surface area contributed by atoms with Crippen LogP contribution in [-0.2, 0) is 0 Å². The van der Waals surface area contributed by atoms with Gasteiger partial charge in [-0.2, -0.15) is 0 Å². The summed E-state index contributed by atoms with van der Waals surface area (Å²) in [6, 6.07) is 10.8. The van der Waals surface area contributed by atoms with Crippen LogP contribution in [0.4, 0.5) is 0 Å². The van der Waals surface area contributed by atoms with Crippen LogP contribution in [0.5, 0.6) is 0 Å². The second-order valence-electron chi connectivity index (χ2n) is 7.44. The molecular formula is C22H34N4. The van der Waals surface area contributed by atoms with Crippen molar-refractivity contribution in [2.75, 3.05) is 45.8 Å². The second-order valence-corrected chi connectivity index (χ2v) is 7.44. The summed E-state index contributed by atoms with van der Waals surface area (Å²) in [5.41, 5.74) is 2.82. The molecule has 0 amide bonds. The Bertz CT molecular complexity index is 608. The van der Waals surface area contributed by atoms with E-state index < -0.39 is 0 Å². The van der Waals surface area contributed by atoms with Crippen molar-refractivity contribution in [2.24, 2.45) is 10.9 Å². The largest absolute Gasteiger partial charge is 0.357 e. The quantitative estimate of drug-likeness (QED) is 0.627. The monoisotopic (exact) mass is 354 g/mol. The number of hydrogen-bond acceptors (Lipinski definition) is 2. The van der Waals surface area contributed by atoms with Crippen LogP contribution < -0.4 is 5.32 Å². The normalized spacial score (nSPS) is 21.8. The molecule has 3 rings (SSSR count). The van der Waals surface area contributed by atoms with Crippen molar-refractivity contribution in [3.63, 3.8) is 0 Å². The van der Waals surface area contributed by atoms with Crippen LogP contribution in [0.15, 0.2) is 41.4 Å². The number of benzene rings is 1. The molecule has 1 unspecified atom stereocenters. The molecular weight excluding hydrogens is 320 g/mol. The highest BCUT2D eigenvalue weighted by Gasteiger charge is 2.22. The molecule has 4 heteroatoms. The molecule has 0 radical (unpaired) electrons. The van der Waals surface area contributed by atoms with Crippen LogP contribution in [0.25, 0.3) is 5.57 Å². The van der Waals surface area contributed by atoms with Gasteiger partial charge in [0.25, 0.3) is 0 Å². The van der Waals surface area contributed by atoms with Gasteiger partial charge in [0.2, 0.25) is 0 Å². The van der Waals surface area contributed by atoms with Gasteiger partial charge in [0.15, 0.2) is 5.96 Å². The Kier molecular flexibility index (Phi) is 7.13. The first-order valence-electron chi connectivity index (χ1n) is 10.3. The fourth-order valence-corrected chi connectivity index (χ4v) is 4.00. The van der Waals surface area contributed by atoms with Crippen molar-refractivity contribution in [3.8, 4) is 0 Å². The summed E-state index contributed by atoms with van der Waals surface area (Å²) < 4.78 is 0. The van der Waals surface area contributed by atoms with Gasteiger partial charge in [0.05, 0.1) is 0 Å². The molecule has 2 aliphatic rings. The molecule has 0 spiro atoms. The fourth-order valence-electron chi connectivity index (χ4n) is 4.00. The minimum absolute atomic E-state index is 0.718. The number of aliphatic imine (C=N–C) groups is 1. The van der Waals surface area contributed by atoms with E-state index in [1.165, 1.54) is 43.6 Å². The molecule has 142 valence electrons. The van der Waals surface area contributed by atoms with Crippen molar-refractivity contribution in [1.82, 2.24) is 15.1 Å². The van der Waals surface area contributed by atoms with E-state index in [1.807, 2.05) is 0 Å². The highest BCUT2D eigenvalue weighted by molar-refractivity contribution is 5.81. The minimum Gasteiger partial charge on any atom is -0.357 e. The Hall–Kier alpha value is -1.81. The van der Waals surface area contributed by atoms with Crippen LogP contribution in [-0.4, -0.2) is 61.6 Å². The van der Waals surface area contributed by atoms with Crippen molar-refractivity contribution in [3.05, 3.63) is 42.0 Å². The summed E-state index contributed by atoms with van der Waals surface area (Å²) in [5, 5.41) is 3.50. The van der Waals surface area contributed by atoms with Crippen LogP contribution >= 0.6 is 0 Å². The Morgan fingerprint density at radius 2 is 2.04 bits per heavy atom. The third-order valence-electron chi connectivity index (χ3n) is 5.40. The third-order valence-corrected chi connectivity index (χ3v) is 5.40. The highest BCUT2D eigenvalue weighted by Crippen LogP contribution is 2.22. The predicted octanol–water partition coefficient (Wildman–Crippen LogP) is 3.47. The molecule has 0 bridgehead atoms. The first-order valence-corrected chi connectivity index (χ1v) is 10.3. The van der Waals surface area contributed by atoms with Gasteiger partial charge in [0.1, 0.15) is 0 Å². The lowest BCUT2D eigenvalue weighted by atomic mass is 10.00. The summed E-state index contributed by atoms with van der Waals surface area (Å²) in [4.78, 5) is 9.97. The molecule has 1 fully saturated rings. The van der Waals surface area contributed by atoms with Crippen LogP contribution in [0.2, 0.25) is 0 Å². The average Bonchev–Trinajstić information content (AvgIpc) is 3.14. The van der Waals surface area contributed by atoms with Gasteiger partial charge in [-0.1, -0.05) is 43.3 Å². The second kappa shape index (κ2) is 9.77. The Balaban J connectivity index is 1.57. The molecule has 1 N–H and O–H groups in total. The van der Waals surface area contributed by atoms with E-state index in [0.717, 1.165) is 44.5 Å². The van der Waals surface area contributed by atoms with Crippen molar-refractivity contribution < 1.29 is 0 Å². The molecule has 1 atom stereocenters. The number of hydrogen-bond donors (Lipinski definition) is 1. The van der Waals surface area contributed by atoms with Gasteiger partial charge in [-0.25, -0.2) is 0 Å². The van der Waals surface area contributed by atoms with E-state index in [4.69, 9.17) is 4.99 Å². The number of rotatable bonds is 6. The van der Waals surface area contributed by atoms with Gasteiger partial charge in [-0.05, 0) is 56.3 Å². The maximum atomic E-state index is 4.99. The number of likely N-dealkylation sites (tertiary alicyclic amines) is 1. The molecule has 26 heavy (non-hydrogen) atoms. The van der Waals surface area contributed by atoms with Crippen LogP contribution in [0.3, 0.4) is 0 Å². The molecule has 0 saturated carbocycles. The van der Waals surface area contributed by atoms with E-state index in [1.54, 1.807) is 0 Å². The number of guanidine groups is 1. The molecule has 0 aromatic heterocycles. The lowest BCUT2D eigenvalue weighted by molar-refractivity contribution is 0.326. The minimum atomic E-state index is 0.718. The standard InChI is InChI=1S/C22H34N4/c1-3-13-25-14-10-19(18-25)17-24-22(23-4-2)26-15-11-21(12-16-26)20-8-6-5-7-9-20/h5-9,11,19H,3-4,10,12-18H2,1-2H3,(H,23,24). The average molecular weight is 355 g/mol. The van der Waals surface area contributed by atoms with Crippen LogP contribution in [0, 0.1) is 5.92 Å². The smallest absolute Gasteiger partial charge is 0.194 e. The Morgan fingerprint density at radius 3 is 2.73 bits per heavy atom. The fraction of sp³-hybridized carbons (Fsp3) is 0.591. The predicted molar refractivity (Wildman–Crippen MR) is 111 cm³/mol. The van der Waals surface area contributed by atoms with Crippen molar-refractivity contribution in [2.45, 2.75) is 33.1 Å². The third kappa shape index (κ3) is 5.10. The summed E-state index contributed by atoms with van der Waals surface area (Å²) in [7, 11) is 0. The summed E-state index contributed by atoms with van der Waals surface area (Å²) >= 11 is 0. The molecule has 1 saturated heterocycles. The number of nitrogens with one attached hydrogen (secondary N) is 1. The van der Waals surface area contributed by atoms with Gasteiger partial charge in [-0.3, -0.25) is 4.99 Å². The van der Waals surface area contributed by atoms with Crippen molar-refractivity contribution >= 4 is 11.5 Å². The zero-order chi connectivity index (χ0) is 18.2. The van der Waals surface area contributed by atoms with E-state index in [0.29, 0.717) is 0 Å². The molecule has 0 aliphatic carbocycles. The van der Waals surface area contributed by atoms with E-state index in [2.05, 4.69) is 65.4 Å². The van der Waals surface area contributed by atoms with Crippen LogP contribution in [0.1, 0.15) is 38.7 Å². The zero-order valence-electron chi connectivity index (χ0n) is 16.5. The van der Waals surface area contributed by atoms with Gasteiger partial charge in [0, 0.05) is 32.7 Å². The molecule has 2 aliphatic heterocycles. The molecule has 1 aromatic carbocycles. The summed E-state index contributed by atoms with van der Waals surface area (Å²) in [6.07, 6.45) is 6.00. The first kappa shape index (κ1) is 19.0. The molecule has 2 heterocycles. The summed E-state index contributed by atoms with van der Waals surface area (Å²) in [6.45, 7) is 12.0. The lowest BCUT2D eigenvalue weighted by Crippen LogP contribution is -2.43. The lowest BCUT2D eigenvalue weighted by Gasteiger charge is -2.30. The summed E-state index contributed by atoms with van der Waals surface area (Å²) in [5.74, 6) is 1.81. The topological polar surface area (TPSA) is 30.9 Å². The Labute approximate surface area is 159 Å².